The van der Waals surface area contributed by atoms with E-state index in [9.17, 15) is 4.79 Å². The smallest absolute Gasteiger partial charge is 0.253 e. The van der Waals surface area contributed by atoms with E-state index in [0.29, 0.717) is 12.1 Å². The number of aromatic nitrogens is 3. The predicted molar refractivity (Wildman–Crippen MR) is 82.2 cm³/mol. The standard InChI is InChI=1S/C16H18N4O/c1-10-13(11(2)20(3)19-10)8-18-16(21)14-9-17-15-7-5-4-6-12(14)15/h4-7,9,17H,8H2,1-3H3,(H,18,21). The van der Waals surface area contributed by atoms with Crippen molar-refractivity contribution in [3.8, 4) is 0 Å². The first-order valence-electron chi connectivity index (χ1n) is 6.91. The molecule has 1 amide bonds. The summed E-state index contributed by atoms with van der Waals surface area (Å²) in [6.07, 6.45) is 1.75. The van der Waals surface area contributed by atoms with Crippen molar-refractivity contribution in [2.45, 2.75) is 20.4 Å². The maximum atomic E-state index is 12.4. The molecule has 0 aliphatic rings. The first-order valence-corrected chi connectivity index (χ1v) is 6.91. The first-order chi connectivity index (χ1) is 10.1. The van der Waals surface area contributed by atoms with Gasteiger partial charge in [-0.25, -0.2) is 0 Å². The summed E-state index contributed by atoms with van der Waals surface area (Å²) in [5.41, 5.74) is 4.74. The van der Waals surface area contributed by atoms with Crippen LogP contribution in [-0.4, -0.2) is 20.7 Å². The molecule has 2 heterocycles. The van der Waals surface area contributed by atoms with E-state index in [1.54, 1.807) is 6.20 Å². The fourth-order valence-corrected chi connectivity index (χ4v) is 2.60. The Labute approximate surface area is 123 Å². The van der Waals surface area contributed by atoms with Crippen molar-refractivity contribution in [3.63, 3.8) is 0 Å². The lowest BCUT2D eigenvalue weighted by Gasteiger charge is -2.05. The summed E-state index contributed by atoms with van der Waals surface area (Å²) in [6, 6.07) is 7.79. The van der Waals surface area contributed by atoms with Crippen LogP contribution in [0.25, 0.3) is 10.9 Å². The van der Waals surface area contributed by atoms with Crippen LogP contribution in [0.1, 0.15) is 27.3 Å². The zero-order valence-corrected chi connectivity index (χ0v) is 12.4. The molecule has 0 saturated carbocycles. The number of benzene rings is 1. The molecule has 2 aromatic heterocycles. The Morgan fingerprint density at radius 2 is 2.10 bits per heavy atom. The second-order valence-corrected chi connectivity index (χ2v) is 5.20. The molecule has 0 unspecified atom stereocenters. The molecular weight excluding hydrogens is 264 g/mol. The lowest BCUT2D eigenvalue weighted by molar-refractivity contribution is 0.0952. The van der Waals surface area contributed by atoms with Crippen molar-refractivity contribution in [2.75, 3.05) is 0 Å². The number of fused-ring (bicyclic) bond motifs is 1. The highest BCUT2D eigenvalue weighted by molar-refractivity contribution is 6.06. The molecule has 5 nitrogen and oxygen atoms in total. The number of carbonyl (C=O) groups is 1. The number of nitrogens with one attached hydrogen (secondary N) is 2. The Kier molecular flexibility index (Phi) is 3.25. The molecule has 0 aliphatic heterocycles. The van der Waals surface area contributed by atoms with Gasteiger partial charge in [-0.3, -0.25) is 9.48 Å². The van der Waals surface area contributed by atoms with E-state index in [4.69, 9.17) is 0 Å². The highest BCUT2D eigenvalue weighted by Crippen LogP contribution is 2.18. The maximum absolute atomic E-state index is 12.4. The zero-order chi connectivity index (χ0) is 15.0. The summed E-state index contributed by atoms with van der Waals surface area (Å²) in [7, 11) is 1.91. The number of aromatic amines is 1. The van der Waals surface area contributed by atoms with Gasteiger partial charge in [0, 0.05) is 41.9 Å². The van der Waals surface area contributed by atoms with Crippen molar-refractivity contribution in [1.29, 1.82) is 0 Å². The number of nitrogens with zero attached hydrogens (tertiary/aromatic N) is 2. The van der Waals surface area contributed by atoms with E-state index >= 15 is 0 Å². The van der Waals surface area contributed by atoms with Gasteiger partial charge in [0.25, 0.3) is 5.91 Å². The molecule has 0 saturated heterocycles. The third-order valence-corrected chi connectivity index (χ3v) is 3.92. The molecule has 2 N–H and O–H groups in total. The fourth-order valence-electron chi connectivity index (χ4n) is 2.60. The molecule has 0 bridgehead atoms. The molecule has 0 spiro atoms. The molecule has 0 radical (unpaired) electrons. The van der Waals surface area contributed by atoms with Crippen LogP contribution in [0.2, 0.25) is 0 Å². The number of rotatable bonds is 3. The van der Waals surface area contributed by atoms with E-state index in [2.05, 4.69) is 15.4 Å². The van der Waals surface area contributed by atoms with Crippen molar-refractivity contribution >= 4 is 16.8 Å². The van der Waals surface area contributed by atoms with E-state index in [1.807, 2.05) is 49.8 Å². The van der Waals surface area contributed by atoms with Crippen LogP contribution < -0.4 is 5.32 Å². The maximum Gasteiger partial charge on any atom is 0.253 e. The van der Waals surface area contributed by atoms with Gasteiger partial charge in [0.15, 0.2) is 0 Å². The van der Waals surface area contributed by atoms with Crippen molar-refractivity contribution in [2.24, 2.45) is 7.05 Å². The second-order valence-electron chi connectivity index (χ2n) is 5.20. The zero-order valence-electron chi connectivity index (χ0n) is 12.4. The number of amides is 1. The average molecular weight is 282 g/mol. The highest BCUT2D eigenvalue weighted by Gasteiger charge is 2.14. The molecule has 0 aliphatic carbocycles. The Balaban J connectivity index is 1.81. The average Bonchev–Trinajstić information content (AvgIpc) is 3.00. The molecular formula is C16H18N4O. The summed E-state index contributed by atoms with van der Waals surface area (Å²) in [5.74, 6) is -0.0740. The Hall–Kier alpha value is -2.56. The van der Waals surface area contributed by atoms with E-state index < -0.39 is 0 Å². The van der Waals surface area contributed by atoms with Crippen LogP contribution in [0.15, 0.2) is 30.5 Å². The number of H-pyrrole nitrogens is 1. The van der Waals surface area contributed by atoms with Crippen LogP contribution in [0.3, 0.4) is 0 Å². The van der Waals surface area contributed by atoms with Gasteiger partial charge in [-0.1, -0.05) is 18.2 Å². The predicted octanol–water partition coefficient (Wildman–Crippen LogP) is 2.45. The fraction of sp³-hybridized carbons (Fsp3) is 0.250. The molecule has 108 valence electrons. The van der Waals surface area contributed by atoms with Crippen LogP contribution >= 0.6 is 0 Å². The van der Waals surface area contributed by atoms with Crippen molar-refractivity contribution in [3.05, 3.63) is 53.0 Å². The Bertz CT molecular complexity index is 813. The van der Waals surface area contributed by atoms with Crippen LogP contribution in [0.5, 0.6) is 0 Å². The number of aryl methyl sites for hydroxylation is 2. The number of hydrogen-bond donors (Lipinski definition) is 2. The summed E-state index contributed by atoms with van der Waals surface area (Å²) in [5, 5.41) is 8.28. The van der Waals surface area contributed by atoms with Crippen LogP contribution in [-0.2, 0) is 13.6 Å². The largest absolute Gasteiger partial charge is 0.360 e. The van der Waals surface area contributed by atoms with Gasteiger partial charge in [-0.05, 0) is 19.9 Å². The second kappa shape index (κ2) is 5.09. The minimum atomic E-state index is -0.0740. The summed E-state index contributed by atoms with van der Waals surface area (Å²) in [6.45, 7) is 4.46. The topological polar surface area (TPSA) is 62.7 Å². The quantitative estimate of drug-likeness (QED) is 0.775. The number of carbonyl (C=O) groups excluding carboxylic acids is 1. The van der Waals surface area contributed by atoms with E-state index in [0.717, 1.165) is 27.9 Å². The van der Waals surface area contributed by atoms with E-state index in [1.165, 1.54) is 0 Å². The summed E-state index contributed by atoms with van der Waals surface area (Å²) >= 11 is 0. The molecule has 5 heteroatoms. The number of hydrogen-bond acceptors (Lipinski definition) is 2. The molecule has 0 fully saturated rings. The van der Waals surface area contributed by atoms with Crippen LogP contribution in [0, 0.1) is 13.8 Å². The van der Waals surface area contributed by atoms with E-state index in [-0.39, 0.29) is 5.91 Å². The molecule has 3 aromatic rings. The SMILES string of the molecule is Cc1nn(C)c(C)c1CNC(=O)c1c[nH]c2ccccc12. The van der Waals surface area contributed by atoms with Gasteiger partial charge in [0.2, 0.25) is 0 Å². The third-order valence-electron chi connectivity index (χ3n) is 3.92. The minimum Gasteiger partial charge on any atom is -0.360 e. The van der Waals surface area contributed by atoms with Gasteiger partial charge in [0.1, 0.15) is 0 Å². The normalized spacial score (nSPS) is 11.0. The van der Waals surface area contributed by atoms with Crippen molar-refractivity contribution < 1.29 is 4.79 Å². The van der Waals surface area contributed by atoms with Crippen molar-refractivity contribution in [1.82, 2.24) is 20.1 Å². The minimum absolute atomic E-state index is 0.0740. The lowest BCUT2D eigenvalue weighted by Crippen LogP contribution is -2.23. The monoisotopic (exact) mass is 282 g/mol. The molecule has 3 rings (SSSR count). The summed E-state index contributed by atoms with van der Waals surface area (Å²) < 4.78 is 1.84. The van der Waals surface area contributed by atoms with Gasteiger partial charge in [-0.15, -0.1) is 0 Å². The van der Waals surface area contributed by atoms with Gasteiger partial charge >= 0.3 is 0 Å². The summed E-state index contributed by atoms with van der Waals surface area (Å²) in [4.78, 5) is 15.5. The third kappa shape index (κ3) is 2.31. The molecule has 0 atom stereocenters. The van der Waals surface area contributed by atoms with Gasteiger partial charge in [-0.2, -0.15) is 5.10 Å². The van der Waals surface area contributed by atoms with Crippen LogP contribution in [0.4, 0.5) is 0 Å². The number of para-hydroxylation sites is 1. The van der Waals surface area contributed by atoms with Gasteiger partial charge < -0.3 is 10.3 Å². The van der Waals surface area contributed by atoms with Gasteiger partial charge in [0.05, 0.1) is 11.3 Å². The molecule has 1 aromatic carbocycles. The Morgan fingerprint density at radius 1 is 1.33 bits per heavy atom. The highest BCUT2D eigenvalue weighted by atomic mass is 16.1. The first kappa shape index (κ1) is 13.4. The molecule has 21 heavy (non-hydrogen) atoms. The lowest BCUT2D eigenvalue weighted by atomic mass is 10.1. The Morgan fingerprint density at radius 3 is 2.81 bits per heavy atom.